The summed E-state index contributed by atoms with van der Waals surface area (Å²) in [5, 5.41) is 3.94. The van der Waals surface area contributed by atoms with E-state index in [9.17, 15) is 0 Å². The van der Waals surface area contributed by atoms with E-state index in [1.807, 2.05) is 12.3 Å². The Hall–Kier alpha value is -1.49. The Bertz CT molecular complexity index is 428. The van der Waals surface area contributed by atoms with Crippen molar-refractivity contribution < 1.29 is 4.42 Å². The van der Waals surface area contributed by atoms with E-state index in [4.69, 9.17) is 4.42 Å². The van der Waals surface area contributed by atoms with Crippen LogP contribution < -0.4 is 5.32 Å². The number of hydrogen-bond donors (Lipinski definition) is 1. The first-order valence-electron chi connectivity index (χ1n) is 5.59. The van der Waals surface area contributed by atoms with Crippen LogP contribution in [-0.4, -0.2) is 16.5 Å². The summed E-state index contributed by atoms with van der Waals surface area (Å²) in [6, 6.07) is 4.07. The van der Waals surface area contributed by atoms with E-state index in [1.54, 1.807) is 24.2 Å². The Morgan fingerprint density at radius 2 is 2.29 bits per heavy atom. The standard InChI is InChI=1S/C12H15N3OS/c1-2-5-13-11-4-3-10(8-15-11)9-17-12-14-6-7-16-12/h3-4,6-8H,2,5,9H2,1H3,(H,13,15). The van der Waals surface area contributed by atoms with Gasteiger partial charge in [0.05, 0.1) is 6.20 Å². The average Bonchev–Trinajstić information content (AvgIpc) is 2.88. The molecule has 2 aromatic rings. The second-order valence-corrected chi connectivity index (χ2v) is 4.49. The highest BCUT2D eigenvalue weighted by Gasteiger charge is 2.00. The second kappa shape index (κ2) is 6.30. The highest BCUT2D eigenvalue weighted by Crippen LogP contribution is 2.20. The van der Waals surface area contributed by atoms with Crippen LogP contribution in [0.2, 0.25) is 0 Å². The first kappa shape index (κ1) is 12.0. The molecule has 0 amide bonds. The third-order valence-electron chi connectivity index (χ3n) is 2.15. The van der Waals surface area contributed by atoms with Gasteiger partial charge in [-0.1, -0.05) is 24.8 Å². The van der Waals surface area contributed by atoms with Crippen LogP contribution in [-0.2, 0) is 5.75 Å². The van der Waals surface area contributed by atoms with Crippen molar-refractivity contribution >= 4 is 17.6 Å². The fourth-order valence-electron chi connectivity index (χ4n) is 1.29. The maximum atomic E-state index is 5.15. The van der Waals surface area contributed by atoms with Gasteiger partial charge in [0.1, 0.15) is 12.1 Å². The molecule has 2 aromatic heterocycles. The molecule has 2 rings (SSSR count). The van der Waals surface area contributed by atoms with E-state index in [-0.39, 0.29) is 0 Å². The lowest BCUT2D eigenvalue weighted by molar-refractivity contribution is 0.454. The molecule has 0 atom stereocenters. The van der Waals surface area contributed by atoms with Gasteiger partial charge in [-0.3, -0.25) is 0 Å². The van der Waals surface area contributed by atoms with Gasteiger partial charge in [0.25, 0.3) is 5.22 Å². The van der Waals surface area contributed by atoms with Gasteiger partial charge in [0.2, 0.25) is 0 Å². The number of thioether (sulfide) groups is 1. The van der Waals surface area contributed by atoms with E-state index in [2.05, 4.69) is 28.3 Å². The van der Waals surface area contributed by atoms with Crippen LogP contribution in [0.4, 0.5) is 5.82 Å². The number of rotatable bonds is 6. The summed E-state index contributed by atoms with van der Waals surface area (Å²) in [6.45, 7) is 3.09. The Kier molecular flexibility index (Phi) is 4.44. The molecule has 90 valence electrons. The lowest BCUT2D eigenvalue weighted by atomic mass is 10.3. The zero-order valence-corrected chi connectivity index (χ0v) is 10.5. The van der Waals surface area contributed by atoms with Crippen LogP contribution in [0, 0.1) is 0 Å². The van der Waals surface area contributed by atoms with Gasteiger partial charge in [0, 0.05) is 18.5 Å². The summed E-state index contributed by atoms with van der Waals surface area (Å²) in [7, 11) is 0. The number of nitrogens with zero attached hydrogens (tertiary/aromatic N) is 2. The summed E-state index contributed by atoms with van der Waals surface area (Å²) >= 11 is 1.57. The van der Waals surface area contributed by atoms with Crippen LogP contribution in [0.1, 0.15) is 18.9 Å². The van der Waals surface area contributed by atoms with Crippen LogP contribution >= 0.6 is 11.8 Å². The summed E-state index contributed by atoms with van der Waals surface area (Å²) in [5.74, 6) is 1.75. The number of hydrogen-bond acceptors (Lipinski definition) is 5. The van der Waals surface area contributed by atoms with Gasteiger partial charge < -0.3 is 9.73 Å². The molecule has 0 fully saturated rings. The Balaban J connectivity index is 1.85. The van der Waals surface area contributed by atoms with Gasteiger partial charge in [-0.25, -0.2) is 9.97 Å². The minimum absolute atomic E-state index is 0.693. The van der Waals surface area contributed by atoms with E-state index in [0.717, 1.165) is 30.1 Å². The number of nitrogens with one attached hydrogen (secondary N) is 1. The normalized spacial score (nSPS) is 10.4. The highest BCUT2D eigenvalue weighted by atomic mass is 32.2. The number of pyridine rings is 1. The van der Waals surface area contributed by atoms with Crippen LogP contribution in [0.3, 0.4) is 0 Å². The topological polar surface area (TPSA) is 51.0 Å². The maximum Gasteiger partial charge on any atom is 0.255 e. The predicted molar refractivity (Wildman–Crippen MR) is 69.1 cm³/mol. The van der Waals surface area contributed by atoms with E-state index in [0.29, 0.717) is 5.22 Å². The van der Waals surface area contributed by atoms with Crippen LogP contribution in [0.15, 0.2) is 40.4 Å². The molecule has 0 aliphatic carbocycles. The molecular formula is C12H15N3OS. The van der Waals surface area contributed by atoms with E-state index in [1.165, 1.54) is 0 Å². The maximum absolute atomic E-state index is 5.15. The minimum Gasteiger partial charge on any atom is -0.440 e. The fourth-order valence-corrected chi connectivity index (χ4v) is 2.01. The molecule has 0 bridgehead atoms. The zero-order chi connectivity index (χ0) is 11.9. The molecule has 4 nitrogen and oxygen atoms in total. The molecule has 17 heavy (non-hydrogen) atoms. The predicted octanol–water partition coefficient (Wildman–Crippen LogP) is 3.18. The average molecular weight is 249 g/mol. The zero-order valence-electron chi connectivity index (χ0n) is 9.72. The van der Waals surface area contributed by atoms with Crippen molar-refractivity contribution in [2.24, 2.45) is 0 Å². The molecule has 5 heteroatoms. The van der Waals surface area contributed by atoms with Crippen molar-refractivity contribution in [2.75, 3.05) is 11.9 Å². The molecular weight excluding hydrogens is 234 g/mol. The molecule has 1 N–H and O–H groups in total. The smallest absolute Gasteiger partial charge is 0.255 e. The summed E-state index contributed by atoms with van der Waals surface area (Å²) < 4.78 is 5.15. The molecule has 0 spiro atoms. The van der Waals surface area contributed by atoms with Gasteiger partial charge in [-0.05, 0) is 18.1 Å². The van der Waals surface area contributed by atoms with Gasteiger partial charge in [0.15, 0.2) is 0 Å². The summed E-state index contributed by atoms with van der Waals surface area (Å²) in [4.78, 5) is 8.39. The quantitative estimate of drug-likeness (QED) is 0.797. The Morgan fingerprint density at radius 1 is 1.35 bits per heavy atom. The molecule has 0 aliphatic rings. The van der Waals surface area contributed by atoms with Gasteiger partial charge >= 0.3 is 0 Å². The first-order valence-corrected chi connectivity index (χ1v) is 6.58. The van der Waals surface area contributed by atoms with Crippen molar-refractivity contribution in [2.45, 2.75) is 24.3 Å². The number of aromatic nitrogens is 2. The van der Waals surface area contributed by atoms with Gasteiger partial charge in [-0.2, -0.15) is 0 Å². The van der Waals surface area contributed by atoms with Crippen molar-refractivity contribution in [1.82, 2.24) is 9.97 Å². The largest absolute Gasteiger partial charge is 0.440 e. The molecule has 0 aromatic carbocycles. The Morgan fingerprint density at radius 3 is 2.94 bits per heavy atom. The van der Waals surface area contributed by atoms with Crippen LogP contribution in [0.5, 0.6) is 0 Å². The molecule has 0 radical (unpaired) electrons. The molecule has 0 saturated heterocycles. The lowest BCUT2D eigenvalue weighted by Gasteiger charge is -2.04. The fraction of sp³-hybridized carbons (Fsp3) is 0.333. The summed E-state index contributed by atoms with van der Waals surface area (Å²) in [5.41, 5.74) is 1.16. The molecule has 0 unspecified atom stereocenters. The molecule has 0 aliphatic heterocycles. The van der Waals surface area contributed by atoms with Crippen molar-refractivity contribution in [3.63, 3.8) is 0 Å². The number of oxazole rings is 1. The van der Waals surface area contributed by atoms with E-state index >= 15 is 0 Å². The SMILES string of the molecule is CCCNc1ccc(CSc2ncco2)cn1. The van der Waals surface area contributed by atoms with Crippen molar-refractivity contribution in [3.8, 4) is 0 Å². The third-order valence-corrected chi connectivity index (χ3v) is 3.08. The molecule has 2 heterocycles. The molecule has 0 saturated carbocycles. The highest BCUT2D eigenvalue weighted by molar-refractivity contribution is 7.98. The van der Waals surface area contributed by atoms with E-state index < -0.39 is 0 Å². The number of anilines is 1. The van der Waals surface area contributed by atoms with Crippen molar-refractivity contribution in [3.05, 3.63) is 36.4 Å². The second-order valence-electron chi connectivity index (χ2n) is 3.57. The monoisotopic (exact) mass is 249 g/mol. The summed E-state index contributed by atoms with van der Waals surface area (Å²) in [6.07, 6.45) is 6.22. The van der Waals surface area contributed by atoms with Crippen molar-refractivity contribution in [1.29, 1.82) is 0 Å². The first-order chi connectivity index (χ1) is 8.38. The van der Waals surface area contributed by atoms with Gasteiger partial charge in [-0.15, -0.1) is 0 Å². The third kappa shape index (κ3) is 3.78. The minimum atomic E-state index is 0.693. The Labute approximate surface area is 105 Å². The van der Waals surface area contributed by atoms with Crippen LogP contribution in [0.25, 0.3) is 0 Å². The lowest BCUT2D eigenvalue weighted by Crippen LogP contribution is -2.01.